The molecule has 0 aromatic heterocycles. The lowest BCUT2D eigenvalue weighted by molar-refractivity contribution is -0.142. The molecule has 1 amide bonds. The number of carboxylic acids is 1. The molecule has 1 saturated heterocycles. The minimum absolute atomic E-state index is 0.239. The highest BCUT2D eigenvalue weighted by molar-refractivity contribution is 5.81. The van der Waals surface area contributed by atoms with Gasteiger partial charge in [-0.25, -0.2) is 9.59 Å². The minimum atomic E-state index is -1.03. The lowest BCUT2D eigenvalue weighted by atomic mass is 9.91. The average Bonchev–Trinajstić information content (AvgIpc) is 3.11. The predicted molar refractivity (Wildman–Crippen MR) is 130 cm³/mol. The van der Waals surface area contributed by atoms with Crippen LogP contribution in [0.2, 0.25) is 0 Å². The first-order chi connectivity index (χ1) is 15.3. The summed E-state index contributed by atoms with van der Waals surface area (Å²) in [4.78, 5) is 24.6. The molecule has 192 valence electrons. The monoisotopic (exact) mass is 468 g/mol. The minimum Gasteiger partial charge on any atom is -0.480 e. The first-order valence-corrected chi connectivity index (χ1v) is 13.0. The molecule has 1 aliphatic heterocycles. The normalized spacial score (nSPS) is 25.3. The van der Waals surface area contributed by atoms with Gasteiger partial charge in [0.2, 0.25) is 0 Å². The van der Waals surface area contributed by atoms with Gasteiger partial charge in [-0.3, -0.25) is 4.90 Å². The molecule has 7 heteroatoms. The quantitative estimate of drug-likeness (QED) is 0.566. The maximum Gasteiger partial charge on any atom is 0.411 e. The summed E-state index contributed by atoms with van der Waals surface area (Å²) >= 11 is 0. The maximum absolute atomic E-state index is 12.1. The first kappa shape index (κ1) is 27.9. The molecule has 2 saturated carbocycles. The van der Waals surface area contributed by atoms with E-state index in [-0.39, 0.29) is 24.7 Å². The summed E-state index contributed by atoms with van der Waals surface area (Å²) < 4.78 is 11.0. The standard InChI is InChI=1S/C14H25NO5.C12H23N/c1-13(2,3)19-9-7-10(11(16)17)15(8-9)12(18)20-14(4,5)6;1-3-7-11(8-4-1)13-12-9-5-2-6-10-12/h9-10H,7-8H2,1-6H3,(H,16,17);11-13H,1-10H2/t9-,10+;/m1./s1. The van der Waals surface area contributed by atoms with Crippen LogP contribution in [0.25, 0.3) is 0 Å². The molecule has 3 rings (SSSR count). The Bertz CT molecular complexity index is 597. The fourth-order valence-electron chi connectivity index (χ4n) is 5.01. The number of hydrogen-bond donors (Lipinski definition) is 2. The third-order valence-corrected chi connectivity index (χ3v) is 6.38. The van der Waals surface area contributed by atoms with Crippen LogP contribution in [-0.2, 0) is 14.3 Å². The van der Waals surface area contributed by atoms with Gasteiger partial charge in [0.15, 0.2) is 0 Å². The number of amides is 1. The van der Waals surface area contributed by atoms with E-state index in [0.717, 1.165) is 12.1 Å². The fraction of sp³-hybridized carbons (Fsp3) is 0.923. The molecule has 3 aliphatic rings. The maximum atomic E-state index is 12.1. The zero-order valence-corrected chi connectivity index (χ0v) is 21.8. The Kier molecular flexibility index (Phi) is 10.5. The largest absolute Gasteiger partial charge is 0.480 e. The second-order valence-corrected chi connectivity index (χ2v) is 11.9. The van der Waals surface area contributed by atoms with Gasteiger partial charge in [-0.05, 0) is 67.2 Å². The fourth-order valence-corrected chi connectivity index (χ4v) is 5.01. The summed E-state index contributed by atoms with van der Waals surface area (Å²) in [7, 11) is 0. The Labute approximate surface area is 201 Å². The van der Waals surface area contributed by atoms with Crippen molar-refractivity contribution in [3.8, 4) is 0 Å². The van der Waals surface area contributed by atoms with E-state index in [4.69, 9.17) is 9.47 Å². The Morgan fingerprint density at radius 2 is 1.30 bits per heavy atom. The van der Waals surface area contributed by atoms with Gasteiger partial charge in [-0.2, -0.15) is 0 Å². The van der Waals surface area contributed by atoms with E-state index in [1.165, 1.54) is 69.1 Å². The van der Waals surface area contributed by atoms with Gasteiger partial charge in [-0.1, -0.05) is 38.5 Å². The van der Waals surface area contributed by atoms with E-state index in [2.05, 4.69) is 5.32 Å². The SMILES string of the molecule is C1CCC(NC2CCCCC2)CC1.CC(C)(C)OC(=O)N1C[C@H](OC(C)(C)C)C[C@H]1C(=O)O. The topological polar surface area (TPSA) is 88.1 Å². The number of hydrogen-bond acceptors (Lipinski definition) is 5. The summed E-state index contributed by atoms with van der Waals surface area (Å²) in [6.45, 7) is 11.2. The summed E-state index contributed by atoms with van der Waals surface area (Å²) in [6.07, 6.45) is 14.0. The number of carboxylic acid groups (broad SMARTS) is 1. The van der Waals surface area contributed by atoms with Crippen LogP contribution in [0.4, 0.5) is 4.79 Å². The van der Waals surface area contributed by atoms with E-state index in [9.17, 15) is 14.7 Å². The van der Waals surface area contributed by atoms with Gasteiger partial charge < -0.3 is 19.9 Å². The number of ether oxygens (including phenoxy) is 2. The summed E-state index contributed by atoms with van der Waals surface area (Å²) in [5, 5.41) is 13.1. The molecule has 33 heavy (non-hydrogen) atoms. The molecule has 2 aliphatic carbocycles. The predicted octanol–water partition coefficient (Wildman–Crippen LogP) is 5.51. The van der Waals surface area contributed by atoms with Crippen molar-refractivity contribution in [1.29, 1.82) is 0 Å². The molecule has 0 radical (unpaired) electrons. The molecule has 0 aromatic rings. The number of nitrogens with zero attached hydrogens (tertiary/aromatic N) is 1. The van der Waals surface area contributed by atoms with Gasteiger partial charge in [0.25, 0.3) is 0 Å². The summed E-state index contributed by atoms with van der Waals surface area (Å²) in [6, 6.07) is 0.853. The van der Waals surface area contributed by atoms with E-state index in [1.807, 2.05) is 20.8 Å². The Morgan fingerprint density at radius 1 is 0.818 bits per heavy atom. The lowest BCUT2D eigenvalue weighted by Crippen LogP contribution is -2.43. The number of rotatable bonds is 4. The highest BCUT2D eigenvalue weighted by Gasteiger charge is 2.43. The second-order valence-electron chi connectivity index (χ2n) is 11.9. The van der Waals surface area contributed by atoms with Gasteiger partial charge in [-0.15, -0.1) is 0 Å². The van der Waals surface area contributed by atoms with E-state index >= 15 is 0 Å². The van der Waals surface area contributed by atoms with Crippen LogP contribution in [-0.4, -0.2) is 64.0 Å². The molecule has 0 unspecified atom stereocenters. The van der Waals surface area contributed by atoms with Crippen molar-refractivity contribution in [2.24, 2.45) is 0 Å². The molecule has 1 heterocycles. The smallest absolute Gasteiger partial charge is 0.411 e. The van der Waals surface area contributed by atoms with Crippen molar-refractivity contribution in [2.75, 3.05) is 6.54 Å². The van der Waals surface area contributed by atoms with Crippen LogP contribution >= 0.6 is 0 Å². The molecule has 0 spiro atoms. The van der Waals surface area contributed by atoms with Crippen molar-refractivity contribution < 1.29 is 24.2 Å². The summed E-state index contributed by atoms with van der Waals surface area (Å²) in [5.41, 5.74) is -1.03. The Balaban J connectivity index is 0.000000254. The molecular formula is C26H48N2O5. The van der Waals surface area contributed by atoms with Crippen molar-refractivity contribution in [1.82, 2.24) is 10.2 Å². The Hall–Kier alpha value is -1.34. The van der Waals surface area contributed by atoms with Crippen molar-refractivity contribution in [3.05, 3.63) is 0 Å². The second kappa shape index (κ2) is 12.4. The van der Waals surface area contributed by atoms with E-state index in [1.54, 1.807) is 20.8 Å². The van der Waals surface area contributed by atoms with Crippen LogP contribution in [0.1, 0.15) is 112 Å². The molecule has 3 fully saturated rings. The zero-order valence-electron chi connectivity index (χ0n) is 21.8. The average molecular weight is 469 g/mol. The number of carbonyl (C=O) groups is 2. The molecule has 0 bridgehead atoms. The van der Waals surface area contributed by atoms with Crippen LogP contribution in [0.5, 0.6) is 0 Å². The number of nitrogens with one attached hydrogen (secondary N) is 1. The third kappa shape index (κ3) is 10.6. The molecular weight excluding hydrogens is 420 g/mol. The first-order valence-electron chi connectivity index (χ1n) is 13.0. The number of likely N-dealkylation sites (tertiary alicyclic amines) is 1. The highest BCUT2D eigenvalue weighted by atomic mass is 16.6. The van der Waals surface area contributed by atoms with Gasteiger partial charge >= 0.3 is 12.1 Å². The van der Waals surface area contributed by atoms with Crippen molar-refractivity contribution >= 4 is 12.1 Å². The summed E-state index contributed by atoms with van der Waals surface area (Å²) in [5.74, 6) is -1.03. The van der Waals surface area contributed by atoms with Crippen LogP contribution in [0.3, 0.4) is 0 Å². The van der Waals surface area contributed by atoms with Crippen LogP contribution < -0.4 is 5.32 Å². The molecule has 2 N–H and O–H groups in total. The highest BCUT2D eigenvalue weighted by Crippen LogP contribution is 2.26. The number of aliphatic carboxylic acids is 1. The molecule has 7 nitrogen and oxygen atoms in total. The van der Waals surface area contributed by atoms with Crippen molar-refractivity contribution in [2.45, 2.75) is 148 Å². The van der Waals surface area contributed by atoms with Gasteiger partial charge in [0, 0.05) is 18.5 Å². The van der Waals surface area contributed by atoms with Crippen LogP contribution in [0, 0.1) is 0 Å². The van der Waals surface area contributed by atoms with Gasteiger partial charge in [0.05, 0.1) is 18.2 Å². The van der Waals surface area contributed by atoms with Crippen LogP contribution in [0.15, 0.2) is 0 Å². The molecule has 0 aromatic carbocycles. The lowest BCUT2D eigenvalue weighted by Gasteiger charge is -2.30. The third-order valence-electron chi connectivity index (χ3n) is 6.38. The van der Waals surface area contributed by atoms with Gasteiger partial charge in [0.1, 0.15) is 11.6 Å². The van der Waals surface area contributed by atoms with E-state index < -0.39 is 23.7 Å². The zero-order chi connectivity index (χ0) is 24.6. The number of carbonyl (C=O) groups excluding carboxylic acids is 1. The van der Waals surface area contributed by atoms with E-state index in [0.29, 0.717) is 0 Å². The van der Waals surface area contributed by atoms with Crippen molar-refractivity contribution in [3.63, 3.8) is 0 Å². The Morgan fingerprint density at radius 3 is 1.70 bits per heavy atom. The molecule has 2 atom stereocenters.